The van der Waals surface area contributed by atoms with Gasteiger partial charge in [-0.2, -0.15) is 0 Å². The minimum absolute atomic E-state index is 0.776. The summed E-state index contributed by atoms with van der Waals surface area (Å²) in [6, 6.07) is 8.20. The lowest BCUT2D eigenvalue weighted by Crippen LogP contribution is -2.44. The first-order valence-corrected chi connectivity index (χ1v) is 6.32. The van der Waals surface area contributed by atoms with Crippen LogP contribution in [0.2, 0.25) is 0 Å². The second-order valence-electron chi connectivity index (χ2n) is 4.87. The summed E-state index contributed by atoms with van der Waals surface area (Å²) in [6.45, 7) is 4.20. The van der Waals surface area contributed by atoms with Crippen LogP contribution in [0.15, 0.2) is 30.5 Å². The third kappa shape index (κ3) is 1.88. The van der Waals surface area contributed by atoms with E-state index >= 15 is 0 Å². The molecule has 1 fully saturated rings. The van der Waals surface area contributed by atoms with Crippen LogP contribution in [0.4, 0.5) is 11.4 Å². The van der Waals surface area contributed by atoms with Gasteiger partial charge in [0.2, 0.25) is 0 Å². The molecule has 1 aromatic heterocycles. The third-order valence-electron chi connectivity index (χ3n) is 3.59. The van der Waals surface area contributed by atoms with Gasteiger partial charge in [0.05, 0.1) is 23.1 Å². The van der Waals surface area contributed by atoms with Gasteiger partial charge in [0.25, 0.3) is 0 Å². The molecule has 1 aliphatic rings. The molecule has 0 bridgehead atoms. The number of nitrogens with two attached hydrogens (primary N) is 1. The van der Waals surface area contributed by atoms with Crippen LogP contribution >= 0.6 is 0 Å². The minimum Gasteiger partial charge on any atom is -0.396 e. The number of piperazine rings is 1. The molecule has 0 aliphatic carbocycles. The molecule has 0 radical (unpaired) electrons. The predicted molar refractivity (Wildman–Crippen MR) is 75.9 cm³/mol. The van der Waals surface area contributed by atoms with Crippen molar-refractivity contribution in [2.75, 3.05) is 43.9 Å². The van der Waals surface area contributed by atoms with E-state index in [0.29, 0.717) is 0 Å². The fourth-order valence-electron chi connectivity index (χ4n) is 2.53. The summed E-state index contributed by atoms with van der Waals surface area (Å²) in [4.78, 5) is 9.11. The van der Waals surface area contributed by atoms with Crippen molar-refractivity contribution in [2.24, 2.45) is 0 Å². The number of benzene rings is 1. The van der Waals surface area contributed by atoms with Gasteiger partial charge in [-0.1, -0.05) is 18.2 Å². The van der Waals surface area contributed by atoms with E-state index in [1.807, 2.05) is 18.2 Å². The second kappa shape index (κ2) is 4.46. The first-order chi connectivity index (χ1) is 8.75. The Morgan fingerprint density at radius 1 is 1.11 bits per heavy atom. The number of aromatic nitrogens is 1. The van der Waals surface area contributed by atoms with Crippen LogP contribution in [0.3, 0.4) is 0 Å². The highest BCUT2D eigenvalue weighted by atomic mass is 15.3. The number of para-hydroxylation sites is 1. The average Bonchev–Trinajstić information content (AvgIpc) is 2.40. The number of nitrogen functional groups attached to an aromatic ring is 1. The average molecular weight is 242 g/mol. The first kappa shape index (κ1) is 11.3. The Morgan fingerprint density at radius 2 is 1.83 bits per heavy atom. The third-order valence-corrected chi connectivity index (χ3v) is 3.59. The van der Waals surface area contributed by atoms with Crippen LogP contribution in [-0.4, -0.2) is 43.1 Å². The fraction of sp³-hybridized carbons (Fsp3) is 0.357. The van der Waals surface area contributed by atoms with Crippen LogP contribution in [0, 0.1) is 0 Å². The maximum Gasteiger partial charge on any atom is 0.0745 e. The molecule has 18 heavy (non-hydrogen) atoms. The molecule has 0 atom stereocenters. The number of rotatable bonds is 1. The molecule has 0 saturated carbocycles. The van der Waals surface area contributed by atoms with Crippen molar-refractivity contribution in [1.29, 1.82) is 0 Å². The smallest absolute Gasteiger partial charge is 0.0745 e. The maximum absolute atomic E-state index is 6.13. The molecule has 4 nitrogen and oxygen atoms in total. The zero-order valence-electron chi connectivity index (χ0n) is 10.6. The summed E-state index contributed by atoms with van der Waals surface area (Å²) >= 11 is 0. The molecule has 2 aromatic rings. The molecule has 0 unspecified atom stereocenters. The molecular weight excluding hydrogens is 224 g/mol. The van der Waals surface area contributed by atoms with Crippen LogP contribution in [0.5, 0.6) is 0 Å². The van der Waals surface area contributed by atoms with Gasteiger partial charge in [-0.15, -0.1) is 0 Å². The molecular formula is C14H18N4. The number of nitrogens with zero attached hydrogens (tertiary/aromatic N) is 3. The van der Waals surface area contributed by atoms with E-state index in [1.165, 1.54) is 0 Å². The van der Waals surface area contributed by atoms with E-state index in [1.54, 1.807) is 6.20 Å². The van der Waals surface area contributed by atoms with Crippen molar-refractivity contribution in [3.05, 3.63) is 30.5 Å². The summed E-state index contributed by atoms with van der Waals surface area (Å²) < 4.78 is 0. The van der Waals surface area contributed by atoms with Gasteiger partial charge in [0, 0.05) is 31.6 Å². The number of hydrogen-bond donors (Lipinski definition) is 1. The van der Waals surface area contributed by atoms with Gasteiger partial charge in [-0.3, -0.25) is 4.98 Å². The molecule has 4 heteroatoms. The molecule has 94 valence electrons. The zero-order chi connectivity index (χ0) is 12.5. The van der Waals surface area contributed by atoms with Gasteiger partial charge in [0.1, 0.15) is 0 Å². The van der Waals surface area contributed by atoms with E-state index in [0.717, 1.165) is 48.5 Å². The van der Waals surface area contributed by atoms with E-state index < -0.39 is 0 Å². The summed E-state index contributed by atoms with van der Waals surface area (Å²) in [5.41, 5.74) is 9.07. The summed E-state index contributed by atoms with van der Waals surface area (Å²) in [5, 5.41) is 1.15. The van der Waals surface area contributed by atoms with Crippen molar-refractivity contribution in [1.82, 2.24) is 9.88 Å². The van der Waals surface area contributed by atoms with E-state index in [2.05, 4.69) is 27.9 Å². The highest BCUT2D eigenvalue weighted by Gasteiger charge is 2.18. The molecule has 1 aromatic carbocycles. The van der Waals surface area contributed by atoms with Gasteiger partial charge >= 0.3 is 0 Å². The van der Waals surface area contributed by atoms with Crippen molar-refractivity contribution in [3.8, 4) is 0 Å². The van der Waals surface area contributed by atoms with Crippen LogP contribution in [-0.2, 0) is 0 Å². The van der Waals surface area contributed by atoms with Crippen LogP contribution in [0.1, 0.15) is 0 Å². The highest BCUT2D eigenvalue weighted by Crippen LogP contribution is 2.31. The lowest BCUT2D eigenvalue weighted by atomic mass is 10.1. The highest BCUT2D eigenvalue weighted by molar-refractivity contribution is 5.97. The maximum atomic E-state index is 6.13. The molecule has 3 rings (SSSR count). The van der Waals surface area contributed by atoms with E-state index in [-0.39, 0.29) is 0 Å². The lowest BCUT2D eigenvalue weighted by Gasteiger charge is -2.35. The zero-order valence-corrected chi connectivity index (χ0v) is 10.6. The summed E-state index contributed by atoms with van der Waals surface area (Å²) in [6.07, 6.45) is 1.77. The Labute approximate surface area is 107 Å². The topological polar surface area (TPSA) is 45.4 Å². The van der Waals surface area contributed by atoms with E-state index in [4.69, 9.17) is 5.73 Å². The lowest BCUT2D eigenvalue weighted by molar-refractivity contribution is 0.313. The molecule has 0 amide bonds. The Hall–Kier alpha value is -1.81. The van der Waals surface area contributed by atoms with Crippen molar-refractivity contribution >= 4 is 22.3 Å². The summed E-state index contributed by atoms with van der Waals surface area (Å²) in [5.74, 6) is 0. The number of anilines is 2. The first-order valence-electron chi connectivity index (χ1n) is 6.32. The fourth-order valence-corrected chi connectivity index (χ4v) is 2.53. The van der Waals surface area contributed by atoms with Gasteiger partial charge < -0.3 is 15.5 Å². The molecule has 0 spiro atoms. The number of hydrogen-bond acceptors (Lipinski definition) is 4. The molecule has 2 heterocycles. The second-order valence-corrected chi connectivity index (χ2v) is 4.87. The van der Waals surface area contributed by atoms with Crippen molar-refractivity contribution < 1.29 is 0 Å². The van der Waals surface area contributed by atoms with Crippen LogP contribution < -0.4 is 10.6 Å². The summed E-state index contributed by atoms with van der Waals surface area (Å²) in [7, 11) is 2.16. The predicted octanol–water partition coefficient (Wildman–Crippen LogP) is 1.57. The van der Waals surface area contributed by atoms with Crippen LogP contribution in [0.25, 0.3) is 10.9 Å². The SMILES string of the molecule is CN1CCN(c2c(N)cnc3ccccc23)CC1. The monoisotopic (exact) mass is 242 g/mol. The van der Waals surface area contributed by atoms with Gasteiger partial charge in [0.15, 0.2) is 0 Å². The number of pyridine rings is 1. The molecule has 1 aliphatic heterocycles. The Kier molecular flexibility index (Phi) is 2.80. The molecule has 1 saturated heterocycles. The Morgan fingerprint density at radius 3 is 2.61 bits per heavy atom. The Bertz CT molecular complexity index is 559. The normalized spacial score (nSPS) is 17.3. The Balaban J connectivity index is 2.07. The van der Waals surface area contributed by atoms with Crippen molar-refractivity contribution in [3.63, 3.8) is 0 Å². The standard InChI is InChI=1S/C14H18N4/c1-17-6-8-18(9-7-17)14-11-4-2-3-5-13(11)16-10-12(14)15/h2-5,10H,6-9,15H2,1H3. The minimum atomic E-state index is 0.776. The quantitative estimate of drug-likeness (QED) is 0.824. The largest absolute Gasteiger partial charge is 0.396 e. The number of fused-ring (bicyclic) bond motifs is 1. The number of likely N-dealkylation sites (N-methyl/N-ethyl adjacent to an activating group) is 1. The molecule has 2 N–H and O–H groups in total. The van der Waals surface area contributed by atoms with Gasteiger partial charge in [-0.05, 0) is 13.1 Å². The van der Waals surface area contributed by atoms with Gasteiger partial charge in [-0.25, -0.2) is 0 Å². The van der Waals surface area contributed by atoms with E-state index in [9.17, 15) is 0 Å². The van der Waals surface area contributed by atoms with Crippen molar-refractivity contribution in [2.45, 2.75) is 0 Å².